The molecule has 0 unspecified atom stereocenters. The van der Waals surface area contributed by atoms with Crippen LogP contribution in [0, 0.1) is 22.7 Å². The van der Waals surface area contributed by atoms with E-state index in [1.54, 1.807) is 36.4 Å². The van der Waals surface area contributed by atoms with E-state index in [0.29, 0.717) is 16.5 Å². The summed E-state index contributed by atoms with van der Waals surface area (Å²) in [5.41, 5.74) is 0.367. The third-order valence-corrected chi connectivity index (χ3v) is 3.02. The lowest BCUT2D eigenvalue weighted by atomic mass is 10.3. The minimum Gasteiger partial charge on any atom is -0.277 e. The Morgan fingerprint density at radius 3 is 2.68 bits per heavy atom. The van der Waals surface area contributed by atoms with E-state index in [1.165, 1.54) is 11.1 Å². The molecule has 0 aliphatic heterocycles. The molecule has 1 amide bonds. The number of carbonyl (C=O) groups is 1. The molecule has 0 aliphatic carbocycles. The second-order valence-corrected chi connectivity index (χ2v) is 4.97. The molecule has 0 aliphatic rings. The highest BCUT2D eigenvalue weighted by Crippen LogP contribution is 2.24. The standard InChI is InChI=1S/C13H10ClN3OS/c1-2-19-13(18)17(9-10(7-15)8-16)12-5-3-4-11(14)6-12/h3-6,9H,2H2,1H3. The van der Waals surface area contributed by atoms with Crippen LogP contribution in [0.1, 0.15) is 6.92 Å². The summed E-state index contributed by atoms with van der Waals surface area (Å²) in [6, 6.07) is 10.1. The van der Waals surface area contributed by atoms with Gasteiger partial charge in [0.25, 0.3) is 5.24 Å². The summed E-state index contributed by atoms with van der Waals surface area (Å²) in [5.74, 6) is 0.595. The van der Waals surface area contributed by atoms with Crippen molar-refractivity contribution >= 4 is 34.3 Å². The minimum atomic E-state index is -0.271. The maximum Gasteiger partial charge on any atom is 0.290 e. The van der Waals surface area contributed by atoms with Gasteiger partial charge in [0.1, 0.15) is 17.7 Å². The van der Waals surface area contributed by atoms with Gasteiger partial charge in [-0.2, -0.15) is 10.5 Å². The van der Waals surface area contributed by atoms with E-state index in [9.17, 15) is 4.79 Å². The topological polar surface area (TPSA) is 67.9 Å². The summed E-state index contributed by atoms with van der Waals surface area (Å²) in [4.78, 5) is 13.3. The van der Waals surface area contributed by atoms with Crippen LogP contribution < -0.4 is 4.90 Å². The number of rotatable bonds is 3. The maximum atomic E-state index is 12.0. The van der Waals surface area contributed by atoms with Crippen molar-refractivity contribution in [2.75, 3.05) is 10.7 Å². The van der Waals surface area contributed by atoms with E-state index >= 15 is 0 Å². The summed E-state index contributed by atoms with van der Waals surface area (Å²) in [7, 11) is 0. The summed E-state index contributed by atoms with van der Waals surface area (Å²) < 4.78 is 0. The lowest BCUT2D eigenvalue weighted by molar-refractivity contribution is 0.266. The lowest BCUT2D eigenvalue weighted by Gasteiger charge is -2.17. The van der Waals surface area contributed by atoms with Crippen molar-refractivity contribution in [3.8, 4) is 12.1 Å². The third-order valence-electron chi connectivity index (χ3n) is 2.05. The van der Waals surface area contributed by atoms with Gasteiger partial charge < -0.3 is 0 Å². The fourth-order valence-electron chi connectivity index (χ4n) is 1.26. The van der Waals surface area contributed by atoms with Crippen molar-refractivity contribution in [1.82, 2.24) is 0 Å². The van der Waals surface area contributed by atoms with Crippen molar-refractivity contribution < 1.29 is 4.79 Å². The van der Waals surface area contributed by atoms with Crippen LogP contribution in [-0.2, 0) is 0 Å². The first-order valence-corrected chi connectivity index (χ1v) is 6.72. The van der Waals surface area contributed by atoms with Crippen LogP contribution in [0.15, 0.2) is 36.0 Å². The molecule has 0 saturated heterocycles. The zero-order valence-corrected chi connectivity index (χ0v) is 11.7. The number of nitrogens with zero attached hydrogens (tertiary/aromatic N) is 3. The van der Waals surface area contributed by atoms with Crippen LogP contribution in [0.5, 0.6) is 0 Å². The molecule has 96 valence electrons. The Bertz CT molecular complexity index is 570. The van der Waals surface area contributed by atoms with Crippen LogP contribution in [0.3, 0.4) is 0 Å². The van der Waals surface area contributed by atoms with E-state index in [2.05, 4.69) is 0 Å². The van der Waals surface area contributed by atoms with Crippen LogP contribution in [0.25, 0.3) is 0 Å². The largest absolute Gasteiger partial charge is 0.290 e. The van der Waals surface area contributed by atoms with Crippen molar-refractivity contribution in [2.24, 2.45) is 0 Å². The highest BCUT2D eigenvalue weighted by Gasteiger charge is 2.15. The summed E-state index contributed by atoms with van der Waals surface area (Å²) in [6.45, 7) is 1.85. The number of thioether (sulfide) groups is 1. The van der Waals surface area contributed by atoms with Gasteiger partial charge in [0.15, 0.2) is 0 Å². The number of anilines is 1. The molecule has 0 aromatic heterocycles. The number of carbonyl (C=O) groups excluding carboxylic acids is 1. The smallest absolute Gasteiger partial charge is 0.277 e. The van der Waals surface area contributed by atoms with E-state index in [-0.39, 0.29) is 10.8 Å². The fourth-order valence-corrected chi connectivity index (χ4v) is 1.99. The molecule has 0 atom stereocenters. The zero-order chi connectivity index (χ0) is 14.3. The molecule has 0 bridgehead atoms. The van der Waals surface area contributed by atoms with Crippen molar-refractivity contribution in [3.05, 3.63) is 41.1 Å². The van der Waals surface area contributed by atoms with Gasteiger partial charge in [-0.15, -0.1) is 0 Å². The predicted molar refractivity (Wildman–Crippen MR) is 76.8 cm³/mol. The number of benzene rings is 1. The van der Waals surface area contributed by atoms with Crippen LogP contribution >= 0.6 is 23.4 Å². The van der Waals surface area contributed by atoms with Gasteiger partial charge in [-0.1, -0.05) is 36.4 Å². The number of hydrogen-bond acceptors (Lipinski definition) is 4. The Kier molecular flexibility index (Phi) is 5.95. The first-order valence-electron chi connectivity index (χ1n) is 5.36. The average molecular weight is 292 g/mol. The molecule has 0 spiro atoms. The summed E-state index contributed by atoms with van der Waals surface area (Å²) >= 11 is 6.96. The molecule has 1 aromatic carbocycles. The molecular weight excluding hydrogens is 282 g/mol. The SMILES string of the molecule is CCSC(=O)N(C=C(C#N)C#N)c1cccc(Cl)c1. The molecule has 6 heteroatoms. The van der Waals surface area contributed by atoms with Gasteiger partial charge in [-0.25, -0.2) is 0 Å². The molecule has 4 nitrogen and oxygen atoms in total. The minimum absolute atomic E-state index is 0.148. The Morgan fingerprint density at radius 2 is 2.16 bits per heavy atom. The molecule has 0 radical (unpaired) electrons. The van der Waals surface area contributed by atoms with Crippen molar-refractivity contribution in [1.29, 1.82) is 10.5 Å². The fraction of sp³-hybridized carbons (Fsp3) is 0.154. The van der Waals surface area contributed by atoms with Crippen molar-refractivity contribution in [3.63, 3.8) is 0 Å². The number of nitriles is 2. The van der Waals surface area contributed by atoms with E-state index in [0.717, 1.165) is 11.8 Å². The number of halogens is 1. The van der Waals surface area contributed by atoms with E-state index in [4.69, 9.17) is 22.1 Å². The summed E-state index contributed by atoms with van der Waals surface area (Å²) in [5, 5.41) is 17.8. The van der Waals surface area contributed by atoms with Gasteiger partial charge in [0.05, 0.1) is 5.69 Å². The highest BCUT2D eigenvalue weighted by molar-refractivity contribution is 8.13. The molecule has 0 N–H and O–H groups in total. The summed E-state index contributed by atoms with van der Waals surface area (Å²) in [6.07, 6.45) is 1.22. The van der Waals surface area contributed by atoms with Crippen LogP contribution in [0.4, 0.5) is 10.5 Å². The van der Waals surface area contributed by atoms with Crippen LogP contribution in [0.2, 0.25) is 5.02 Å². The molecule has 19 heavy (non-hydrogen) atoms. The second-order valence-electron chi connectivity index (χ2n) is 3.32. The molecule has 1 aromatic rings. The Morgan fingerprint density at radius 1 is 1.47 bits per heavy atom. The van der Waals surface area contributed by atoms with Gasteiger partial charge in [0.2, 0.25) is 0 Å². The average Bonchev–Trinajstić information content (AvgIpc) is 2.40. The second kappa shape index (κ2) is 7.48. The maximum absolute atomic E-state index is 12.0. The number of amides is 1. The first kappa shape index (κ1) is 15.1. The predicted octanol–water partition coefficient (Wildman–Crippen LogP) is 3.95. The quantitative estimate of drug-likeness (QED) is 0.791. The molecule has 0 saturated carbocycles. The lowest BCUT2D eigenvalue weighted by Crippen LogP contribution is -2.21. The zero-order valence-electron chi connectivity index (χ0n) is 10.1. The normalized spacial score (nSPS) is 9.05. The molecule has 1 rings (SSSR count). The Labute approximate surface area is 120 Å². The molecule has 0 fully saturated rings. The Balaban J connectivity index is 3.21. The van der Waals surface area contributed by atoms with Gasteiger partial charge in [-0.05, 0) is 24.0 Å². The van der Waals surface area contributed by atoms with Gasteiger partial charge in [0, 0.05) is 11.2 Å². The van der Waals surface area contributed by atoms with Gasteiger partial charge in [-0.3, -0.25) is 9.69 Å². The van der Waals surface area contributed by atoms with Gasteiger partial charge >= 0.3 is 0 Å². The van der Waals surface area contributed by atoms with Crippen molar-refractivity contribution in [2.45, 2.75) is 6.92 Å². The number of allylic oxidation sites excluding steroid dienone is 1. The number of hydrogen-bond donors (Lipinski definition) is 0. The first-order chi connectivity index (χ1) is 9.12. The highest BCUT2D eigenvalue weighted by atomic mass is 35.5. The third kappa shape index (κ3) is 4.33. The molecule has 0 heterocycles. The Hall–Kier alpha value is -1.95. The monoisotopic (exact) mass is 291 g/mol. The van der Waals surface area contributed by atoms with E-state index < -0.39 is 0 Å². The molecular formula is C13H10ClN3OS. The van der Waals surface area contributed by atoms with Crippen LogP contribution in [-0.4, -0.2) is 11.0 Å². The van der Waals surface area contributed by atoms with E-state index in [1.807, 2.05) is 6.92 Å².